The second-order valence-electron chi connectivity index (χ2n) is 6.44. The van der Waals surface area contributed by atoms with E-state index < -0.39 is 6.10 Å². The standard InChI is InChI=1S/C19H18BrN3O4/c20-14-4-1-3-13(11-14)15-12-17(27-21-15)19(25)23-8-6-22(7-9-23)18(24)16-5-2-10-26-16/h1-5,10-11,17H,6-9,12H2. The normalized spacial score (nSPS) is 19.6. The number of nitrogens with zero attached hydrogens (tertiary/aromatic N) is 3. The quantitative estimate of drug-likeness (QED) is 0.747. The van der Waals surface area contributed by atoms with Gasteiger partial charge in [-0.05, 0) is 24.3 Å². The molecular weight excluding hydrogens is 414 g/mol. The van der Waals surface area contributed by atoms with Gasteiger partial charge in [-0.2, -0.15) is 0 Å². The smallest absolute Gasteiger partial charge is 0.289 e. The van der Waals surface area contributed by atoms with E-state index in [1.807, 2.05) is 24.3 Å². The molecule has 1 aromatic heterocycles. The van der Waals surface area contributed by atoms with Crippen LogP contribution in [0, 0.1) is 0 Å². The SMILES string of the molecule is O=C(c1ccco1)N1CCN(C(=O)C2CC(c3cccc(Br)c3)=NO2)CC1. The number of halogens is 1. The topological polar surface area (TPSA) is 75.4 Å². The second kappa shape index (κ2) is 7.56. The Morgan fingerprint density at radius 2 is 1.85 bits per heavy atom. The van der Waals surface area contributed by atoms with E-state index >= 15 is 0 Å². The summed E-state index contributed by atoms with van der Waals surface area (Å²) < 4.78 is 6.11. The largest absolute Gasteiger partial charge is 0.459 e. The molecule has 0 bridgehead atoms. The zero-order chi connectivity index (χ0) is 18.8. The first-order valence-corrected chi connectivity index (χ1v) is 9.51. The molecule has 2 aromatic rings. The summed E-state index contributed by atoms with van der Waals surface area (Å²) in [6.07, 6.45) is 1.32. The van der Waals surface area contributed by atoms with Crippen molar-refractivity contribution < 1.29 is 18.8 Å². The van der Waals surface area contributed by atoms with Crippen LogP contribution in [0.4, 0.5) is 0 Å². The van der Waals surface area contributed by atoms with Gasteiger partial charge in [0.15, 0.2) is 5.76 Å². The third-order valence-corrected chi connectivity index (χ3v) is 5.21. The summed E-state index contributed by atoms with van der Waals surface area (Å²) in [6, 6.07) is 11.1. The number of benzene rings is 1. The van der Waals surface area contributed by atoms with E-state index in [4.69, 9.17) is 9.25 Å². The zero-order valence-electron chi connectivity index (χ0n) is 14.5. The molecule has 7 nitrogen and oxygen atoms in total. The summed E-state index contributed by atoms with van der Waals surface area (Å²) in [5.74, 6) is 0.0827. The van der Waals surface area contributed by atoms with Crippen LogP contribution in [0.2, 0.25) is 0 Å². The molecule has 4 rings (SSSR count). The van der Waals surface area contributed by atoms with Gasteiger partial charge in [0.2, 0.25) is 6.10 Å². The highest BCUT2D eigenvalue weighted by molar-refractivity contribution is 9.10. The van der Waals surface area contributed by atoms with Gasteiger partial charge in [-0.3, -0.25) is 9.59 Å². The molecule has 27 heavy (non-hydrogen) atoms. The van der Waals surface area contributed by atoms with E-state index in [-0.39, 0.29) is 11.8 Å². The minimum Gasteiger partial charge on any atom is -0.459 e. The average Bonchev–Trinajstić information content (AvgIpc) is 3.39. The van der Waals surface area contributed by atoms with Crippen LogP contribution in [0.25, 0.3) is 0 Å². The molecule has 2 aliphatic rings. The van der Waals surface area contributed by atoms with Crippen molar-refractivity contribution in [2.75, 3.05) is 26.2 Å². The monoisotopic (exact) mass is 431 g/mol. The first kappa shape index (κ1) is 17.8. The molecule has 140 valence electrons. The van der Waals surface area contributed by atoms with Crippen LogP contribution in [-0.2, 0) is 9.63 Å². The molecule has 0 N–H and O–H groups in total. The summed E-state index contributed by atoms with van der Waals surface area (Å²) in [5, 5.41) is 4.09. The molecule has 8 heteroatoms. The van der Waals surface area contributed by atoms with Crippen molar-refractivity contribution >= 4 is 33.5 Å². The Kier molecular flexibility index (Phi) is 4.98. The molecular formula is C19H18BrN3O4. The summed E-state index contributed by atoms with van der Waals surface area (Å²) in [6.45, 7) is 1.88. The Morgan fingerprint density at radius 1 is 1.07 bits per heavy atom. The fourth-order valence-electron chi connectivity index (χ4n) is 3.24. The molecule has 3 heterocycles. The van der Waals surface area contributed by atoms with E-state index in [1.165, 1.54) is 6.26 Å². The molecule has 1 unspecified atom stereocenters. The van der Waals surface area contributed by atoms with Crippen LogP contribution in [0.3, 0.4) is 0 Å². The Labute approximate surface area is 164 Å². The van der Waals surface area contributed by atoms with E-state index in [0.29, 0.717) is 38.4 Å². The number of furan rings is 1. The van der Waals surface area contributed by atoms with Gasteiger partial charge in [0.25, 0.3) is 11.8 Å². The summed E-state index contributed by atoms with van der Waals surface area (Å²) in [5.41, 5.74) is 1.70. The van der Waals surface area contributed by atoms with E-state index in [1.54, 1.807) is 21.9 Å². The molecule has 1 saturated heterocycles. The summed E-state index contributed by atoms with van der Waals surface area (Å²) in [4.78, 5) is 33.9. The molecule has 0 aliphatic carbocycles. The van der Waals surface area contributed by atoms with Crippen LogP contribution in [0.15, 0.2) is 56.7 Å². The van der Waals surface area contributed by atoms with E-state index in [2.05, 4.69) is 21.1 Å². The number of piperazine rings is 1. The van der Waals surface area contributed by atoms with Gasteiger partial charge in [-0.25, -0.2) is 0 Å². The lowest BCUT2D eigenvalue weighted by atomic mass is 10.0. The lowest BCUT2D eigenvalue weighted by Gasteiger charge is -2.35. The van der Waals surface area contributed by atoms with Gasteiger partial charge >= 0.3 is 0 Å². The van der Waals surface area contributed by atoms with Gasteiger partial charge in [0, 0.05) is 42.6 Å². The fourth-order valence-corrected chi connectivity index (χ4v) is 3.64. The highest BCUT2D eigenvalue weighted by atomic mass is 79.9. The summed E-state index contributed by atoms with van der Waals surface area (Å²) >= 11 is 3.44. The number of rotatable bonds is 3. The molecule has 1 aromatic carbocycles. The minimum absolute atomic E-state index is 0.0890. The lowest BCUT2D eigenvalue weighted by Crippen LogP contribution is -2.52. The van der Waals surface area contributed by atoms with Crippen molar-refractivity contribution in [3.05, 3.63) is 58.5 Å². The molecule has 0 radical (unpaired) electrons. The summed E-state index contributed by atoms with van der Waals surface area (Å²) in [7, 11) is 0. The Bertz CT molecular complexity index is 873. The van der Waals surface area contributed by atoms with Crippen molar-refractivity contribution in [1.82, 2.24) is 9.80 Å². The van der Waals surface area contributed by atoms with Gasteiger partial charge in [0.1, 0.15) is 0 Å². The predicted octanol–water partition coefficient (Wildman–Crippen LogP) is 2.52. The second-order valence-corrected chi connectivity index (χ2v) is 7.36. The van der Waals surface area contributed by atoms with Crippen LogP contribution in [0.5, 0.6) is 0 Å². The van der Waals surface area contributed by atoms with Gasteiger partial charge in [0.05, 0.1) is 12.0 Å². The number of hydrogen-bond acceptors (Lipinski definition) is 5. The highest BCUT2D eigenvalue weighted by Gasteiger charge is 2.34. The molecule has 1 fully saturated rings. The Morgan fingerprint density at radius 3 is 2.56 bits per heavy atom. The van der Waals surface area contributed by atoms with Gasteiger partial charge in [-0.1, -0.05) is 33.2 Å². The van der Waals surface area contributed by atoms with Crippen LogP contribution in [-0.4, -0.2) is 59.6 Å². The average molecular weight is 432 g/mol. The lowest BCUT2D eigenvalue weighted by molar-refractivity contribution is -0.143. The van der Waals surface area contributed by atoms with Crippen molar-refractivity contribution in [3.8, 4) is 0 Å². The Hall–Kier alpha value is -2.61. The van der Waals surface area contributed by atoms with Crippen molar-refractivity contribution in [1.29, 1.82) is 0 Å². The maximum absolute atomic E-state index is 12.7. The number of oxime groups is 1. The van der Waals surface area contributed by atoms with Crippen molar-refractivity contribution in [3.63, 3.8) is 0 Å². The van der Waals surface area contributed by atoms with E-state index in [9.17, 15) is 9.59 Å². The molecule has 2 aliphatic heterocycles. The number of hydrogen-bond donors (Lipinski definition) is 0. The minimum atomic E-state index is -0.605. The number of carbonyl (C=O) groups excluding carboxylic acids is 2. The molecule has 2 amide bonds. The third kappa shape index (κ3) is 3.75. The van der Waals surface area contributed by atoms with Gasteiger partial charge in [-0.15, -0.1) is 0 Å². The fraction of sp³-hybridized carbons (Fsp3) is 0.316. The number of carbonyl (C=O) groups is 2. The maximum atomic E-state index is 12.7. The number of amides is 2. The molecule has 0 spiro atoms. The molecule has 0 saturated carbocycles. The third-order valence-electron chi connectivity index (χ3n) is 4.71. The van der Waals surface area contributed by atoms with Crippen molar-refractivity contribution in [2.24, 2.45) is 5.16 Å². The Balaban J connectivity index is 1.32. The van der Waals surface area contributed by atoms with Crippen LogP contribution >= 0.6 is 15.9 Å². The first-order valence-electron chi connectivity index (χ1n) is 8.72. The van der Waals surface area contributed by atoms with Gasteiger partial charge < -0.3 is 19.1 Å². The van der Waals surface area contributed by atoms with Crippen LogP contribution < -0.4 is 0 Å². The van der Waals surface area contributed by atoms with Crippen LogP contribution in [0.1, 0.15) is 22.5 Å². The van der Waals surface area contributed by atoms with E-state index in [0.717, 1.165) is 15.7 Å². The first-order chi connectivity index (χ1) is 13.1. The maximum Gasteiger partial charge on any atom is 0.289 e. The molecule has 1 atom stereocenters. The van der Waals surface area contributed by atoms with Crippen molar-refractivity contribution in [2.45, 2.75) is 12.5 Å². The zero-order valence-corrected chi connectivity index (χ0v) is 16.1. The predicted molar refractivity (Wildman–Crippen MR) is 101 cm³/mol. The highest BCUT2D eigenvalue weighted by Crippen LogP contribution is 2.21.